The minimum absolute atomic E-state index is 0.532. The van der Waals surface area contributed by atoms with Crippen molar-refractivity contribution in [2.24, 2.45) is 0 Å². The molecule has 0 saturated heterocycles. The van der Waals surface area contributed by atoms with E-state index in [0.29, 0.717) is 16.8 Å². The molecule has 0 amide bonds. The van der Waals surface area contributed by atoms with Crippen molar-refractivity contribution < 1.29 is 0 Å². The Hall–Kier alpha value is -3.76. The van der Waals surface area contributed by atoms with Crippen LogP contribution in [0, 0.1) is 28.6 Å². The predicted octanol–water partition coefficient (Wildman–Crippen LogP) is 4.52. The SMILES string of the molecule is C[C](c1ncc2ccccc2c1C#N)c1ncc(C#N)c2ccccc12. The van der Waals surface area contributed by atoms with E-state index in [-0.39, 0.29) is 0 Å². The van der Waals surface area contributed by atoms with Crippen LogP contribution in [0.5, 0.6) is 0 Å². The first-order chi connectivity index (χ1) is 12.7. The van der Waals surface area contributed by atoms with Gasteiger partial charge in [-0.05, 0) is 6.92 Å². The highest BCUT2D eigenvalue weighted by molar-refractivity contribution is 5.92. The largest absolute Gasteiger partial charge is 0.258 e. The number of aromatic nitrogens is 2. The van der Waals surface area contributed by atoms with Gasteiger partial charge in [0.2, 0.25) is 0 Å². The normalized spacial score (nSPS) is 10.8. The van der Waals surface area contributed by atoms with E-state index < -0.39 is 0 Å². The van der Waals surface area contributed by atoms with E-state index in [1.165, 1.54) is 0 Å². The van der Waals surface area contributed by atoms with Crippen molar-refractivity contribution in [2.75, 3.05) is 0 Å². The number of fused-ring (bicyclic) bond motifs is 2. The Bertz CT molecular complexity index is 1230. The lowest BCUT2D eigenvalue weighted by atomic mass is 9.92. The van der Waals surface area contributed by atoms with Crippen LogP contribution in [-0.2, 0) is 0 Å². The molecule has 0 spiro atoms. The molecule has 0 bridgehead atoms. The van der Waals surface area contributed by atoms with Crippen LogP contribution in [0.15, 0.2) is 60.9 Å². The van der Waals surface area contributed by atoms with Gasteiger partial charge in [0.05, 0.1) is 28.4 Å². The van der Waals surface area contributed by atoms with Gasteiger partial charge in [-0.2, -0.15) is 10.5 Å². The zero-order chi connectivity index (χ0) is 18.1. The molecule has 4 aromatic rings. The summed E-state index contributed by atoms with van der Waals surface area (Å²) in [6.45, 7) is 1.92. The fourth-order valence-electron chi connectivity index (χ4n) is 3.25. The molecular weight excluding hydrogens is 320 g/mol. The third-order valence-corrected chi connectivity index (χ3v) is 4.54. The lowest BCUT2D eigenvalue weighted by Crippen LogP contribution is -2.07. The van der Waals surface area contributed by atoms with Crippen molar-refractivity contribution in [3.63, 3.8) is 0 Å². The molecule has 0 unspecified atom stereocenters. The average Bonchev–Trinajstić information content (AvgIpc) is 2.71. The highest BCUT2D eigenvalue weighted by atomic mass is 14.7. The van der Waals surface area contributed by atoms with Gasteiger partial charge in [0.15, 0.2) is 0 Å². The van der Waals surface area contributed by atoms with Crippen molar-refractivity contribution in [2.45, 2.75) is 6.92 Å². The Kier molecular flexibility index (Phi) is 3.80. The molecule has 26 heavy (non-hydrogen) atoms. The molecule has 2 heterocycles. The fourth-order valence-corrected chi connectivity index (χ4v) is 3.25. The molecule has 121 valence electrons. The van der Waals surface area contributed by atoms with Gasteiger partial charge in [0.1, 0.15) is 12.1 Å². The Morgan fingerprint density at radius 3 is 2.15 bits per heavy atom. The quantitative estimate of drug-likeness (QED) is 0.541. The summed E-state index contributed by atoms with van der Waals surface area (Å²) in [5.74, 6) is 0.813. The van der Waals surface area contributed by atoms with E-state index in [1.807, 2.05) is 55.5 Å². The molecule has 0 fully saturated rings. The van der Waals surface area contributed by atoms with Gasteiger partial charge in [-0.3, -0.25) is 9.97 Å². The second-order valence-corrected chi connectivity index (χ2v) is 5.98. The van der Waals surface area contributed by atoms with E-state index in [1.54, 1.807) is 12.4 Å². The highest BCUT2D eigenvalue weighted by Gasteiger charge is 2.21. The molecule has 4 heteroatoms. The number of nitrogens with zero attached hydrogens (tertiary/aromatic N) is 4. The van der Waals surface area contributed by atoms with Crippen LogP contribution in [0.4, 0.5) is 0 Å². The first kappa shape index (κ1) is 15.7. The zero-order valence-electron chi connectivity index (χ0n) is 14.1. The van der Waals surface area contributed by atoms with Crippen LogP contribution in [0.3, 0.4) is 0 Å². The molecule has 4 nitrogen and oxygen atoms in total. The Morgan fingerprint density at radius 1 is 0.769 bits per heavy atom. The molecule has 0 atom stereocenters. The maximum atomic E-state index is 9.74. The monoisotopic (exact) mass is 333 g/mol. The number of hydrogen-bond donors (Lipinski definition) is 0. The minimum atomic E-state index is 0.532. The lowest BCUT2D eigenvalue weighted by Gasteiger charge is -2.15. The number of benzene rings is 2. The topological polar surface area (TPSA) is 73.4 Å². The summed E-state index contributed by atoms with van der Waals surface area (Å²) in [6.07, 6.45) is 3.36. The maximum absolute atomic E-state index is 9.74. The van der Waals surface area contributed by atoms with Crippen LogP contribution in [0.25, 0.3) is 21.5 Å². The van der Waals surface area contributed by atoms with Gasteiger partial charge < -0.3 is 0 Å². The van der Waals surface area contributed by atoms with Crippen LogP contribution in [0.1, 0.15) is 29.4 Å². The Balaban J connectivity index is 1.97. The second kappa shape index (κ2) is 6.27. The van der Waals surface area contributed by atoms with Crippen LogP contribution < -0.4 is 0 Å². The van der Waals surface area contributed by atoms with Gasteiger partial charge in [-0.1, -0.05) is 48.5 Å². The van der Waals surface area contributed by atoms with Gasteiger partial charge in [0, 0.05) is 33.9 Å². The zero-order valence-corrected chi connectivity index (χ0v) is 14.1. The molecule has 0 aliphatic heterocycles. The number of rotatable bonds is 2. The molecule has 1 radical (unpaired) electrons. The van der Waals surface area contributed by atoms with Crippen molar-refractivity contribution in [3.8, 4) is 12.1 Å². The van der Waals surface area contributed by atoms with E-state index in [4.69, 9.17) is 0 Å². The van der Waals surface area contributed by atoms with E-state index in [2.05, 4.69) is 22.1 Å². The smallest absolute Gasteiger partial charge is 0.102 e. The van der Waals surface area contributed by atoms with Gasteiger partial charge in [-0.15, -0.1) is 0 Å². The van der Waals surface area contributed by atoms with Crippen molar-refractivity contribution in [3.05, 3.63) is 89.4 Å². The molecular formula is C22H13N4. The summed E-state index contributed by atoms with van der Waals surface area (Å²) in [5.41, 5.74) is 2.42. The van der Waals surface area contributed by atoms with E-state index in [0.717, 1.165) is 33.2 Å². The molecule has 0 aliphatic carbocycles. The summed E-state index contributed by atoms with van der Waals surface area (Å²) < 4.78 is 0. The Labute approximate surface area is 151 Å². The summed E-state index contributed by atoms with van der Waals surface area (Å²) in [5, 5.41) is 22.6. The molecule has 4 rings (SSSR count). The second-order valence-electron chi connectivity index (χ2n) is 5.98. The van der Waals surface area contributed by atoms with Crippen molar-refractivity contribution in [1.82, 2.24) is 9.97 Å². The fraction of sp³-hybridized carbons (Fsp3) is 0.0455. The van der Waals surface area contributed by atoms with Crippen molar-refractivity contribution in [1.29, 1.82) is 10.5 Å². The average molecular weight is 333 g/mol. The van der Waals surface area contributed by atoms with Crippen LogP contribution in [-0.4, -0.2) is 9.97 Å². The first-order valence-corrected chi connectivity index (χ1v) is 8.14. The lowest BCUT2D eigenvalue weighted by molar-refractivity contribution is 1.04. The van der Waals surface area contributed by atoms with Crippen molar-refractivity contribution >= 4 is 21.5 Å². The Morgan fingerprint density at radius 2 is 1.42 bits per heavy atom. The molecule has 0 saturated carbocycles. The molecule has 2 aromatic carbocycles. The summed E-state index contributed by atoms with van der Waals surface area (Å²) in [7, 11) is 0. The molecule has 0 N–H and O–H groups in total. The van der Waals surface area contributed by atoms with Gasteiger partial charge >= 0.3 is 0 Å². The number of nitriles is 2. The number of hydrogen-bond acceptors (Lipinski definition) is 4. The highest BCUT2D eigenvalue weighted by Crippen LogP contribution is 2.32. The minimum Gasteiger partial charge on any atom is -0.258 e. The number of pyridine rings is 2. The standard InChI is InChI=1S/C22H13N4/c1-14(21-19-9-5-4-8-18(19)16(10-23)13-26-21)22-20(11-24)17-7-3-2-6-15(17)12-25-22/h2-9,12-13H,1H3. The third kappa shape index (κ3) is 2.37. The van der Waals surface area contributed by atoms with Gasteiger partial charge in [-0.25, -0.2) is 0 Å². The summed E-state index contributed by atoms with van der Waals surface area (Å²) in [6, 6.07) is 19.9. The first-order valence-electron chi connectivity index (χ1n) is 8.14. The summed E-state index contributed by atoms with van der Waals surface area (Å²) >= 11 is 0. The summed E-state index contributed by atoms with van der Waals surface area (Å²) in [4.78, 5) is 9.04. The van der Waals surface area contributed by atoms with Crippen LogP contribution in [0.2, 0.25) is 0 Å². The maximum Gasteiger partial charge on any atom is 0.102 e. The predicted molar refractivity (Wildman–Crippen MR) is 100 cm³/mol. The van der Waals surface area contributed by atoms with E-state index >= 15 is 0 Å². The van der Waals surface area contributed by atoms with E-state index in [9.17, 15) is 10.5 Å². The molecule has 2 aromatic heterocycles. The van der Waals surface area contributed by atoms with Crippen LogP contribution >= 0.6 is 0 Å². The third-order valence-electron chi connectivity index (χ3n) is 4.54. The van der Waals surface area contributed by atoms with Gasteiger partial charge in [0.25, 0.3) is 0 Å². The molecule has 0 aliphatic rings.